The van der Waals surface area contributed by atoms with Crippen molar-refractivity contribution >= 4 is 47.9 Å². The third-order valence-electron chi connectivity index (χ3n) is 3.47. The van der Waals surface area contributed by atoms with Gasteiger partial charge in [-0.05, 0) is 0 Å². The molecule has 0 bridgehead atoms. The summed E-state index contributed by atoms with van der Waals surface area (Å²) >= 11 is 0. The Labute approximate surface area is 132 Å². The van der Waals surface area contributed by atoms with Crippen molar-refractivity contribution in [1.82, 2.24) is 0 Å². The van der Waals surface area contributed by atoms with Crippen molar-refractivity contribution < 1.29 is 84.2 Å². The van der Waals surface area contributed by atoms with E-state index in [0.717, 1.165) is 0 Å². The number of hydrogen-bond donors (Lipinski definition) is 0. The van der Waals surface area contributed by atoms with Crippen molar-refractivity contribution in [2.45, 2.75) is 0 Å². The average molecular weight is 445 g/mol. The van der Waals surface area contributed by atoms with Crippen LogP contribution in [-0.2, 0) is 84.2 Å². The van der Waals surface area contributed by atoms with E-state index in [0.29, 0.717) is 0 Å². The van der Waals surface area contributed by atoms with Crippen molar-refractivity contribution in [3.63, 3.8) is 0 Å². The Morgan fingerprint density at radius 2 is 0.391 bits per heavy atom. The minimum absolute atomic E-state index is 0. The van der Waals surface area contributed by atoms with Crippen molar-refractivity contribution in [2.24, 2.45) is 0 Å². The van der Waals surface area contributed by atoms with E-state index in [2.05, 4.69) is 0 Å². The fourth-order valence-electron chi connectivity index (χ4n) is 0.709. The molecule has 0 aliphatic heterocycles. The van der Waals surface area contributed by atoms with Gasteiger partial charge in [0.15, 0.2) is 0 Å². The van der Waals surface area contributed by atoms with Gasteiger partial charge in [0, 0.05) is 34.1 Å². The Bertz CT molecular complexity index is 2200. The summed E-state index contributed by atoms with van der Waals surface area (Å²) in [6.07, 6.45) is 0. The molecular formula is C10Mn3O10. The van der Waals surface area contributed by atoms with Crippen LogP contribution in [0.5, 0.6) is 0 Å². The Kier molecular flexibility index (Phi) is 2.62. The summed E-state index contributed by atoms with van der Waals surface area (Å²) in [7, 11) is 0. The second kappa shape index (κ2) is 2.38. The van der Waals surface area contributed by atoms with Gasteiger partial charge < -0.3 is 0 Å². The van der Waals surface area contributed by atoms with Crippen LogP contribution in [0.25, 0.3) is 0 Å². The third kappa shape index (κ3) is 0.764. The second-order valence-electron chi connectivity index (χ2n) is 5.02. The zero-order valence-electron chi connectivity index (χ0n) is 10.2. The van der Waals surface area contributed by atoms with Crippen molar-refractivity contribution in [2.75, 3.05) is 0 Å². The van der Waals surface area contributed by atoms with Crippen LogP contribution in [0.1, 0.15) is 0 Å². The summed E-state index contributed by atoms with van der Waals surface area (Å²) < 4.78 is -12.8. The fourth-order valence-corrected chi connectivity index (χ4v) is 2.92. The van der Waals surface area contributed by atoms with Crippen molar-refractivity contribution in [1.29, 1.82) is 0 Å². The smallest absolute Gasteiger partial charge is 0 e. The van der Waals surface area contributed by atoms with Gasteiger partial charge in [-0.15, -0.1) is 0 Å². The van der Waals surface area contributed by atoms with Crippen LogP contribution in [0.15, 0.2) is 0 Å². The van der Waals surface area contributed by atoms with Gasteiger partial charge in [-0.3, -0.25) is 0 Å². The van der Waals surface area contributed by atoms with Crippen LogP contribution in [0.2, 0.25) is 0 Å². The molecule has 0 amide bonds. The summed E-state index contributed by atoms with van der Waals surface area (Å²) in [4.78, 5) is 108. The van der Waals surface area contributed by atoms with Crippen LogP contribution in [0.4, 0.5) is 0 Å². The van der Waals surface area contributed by atoms with Gasteiger partial charge in [-0.25, -0.2) is 0 Å². The van der Waals surface area contributed by atoms with E-state index in [-0.39, 0.29) is 34.1 Å². The van der Waals surface area contributed by atoms with Crippen LogP contribution in [0.3, 0.4) is 0 Å². The first-order chi connectivity index (χ1) is 9.31. The van der Waals surface area contributed by atoms with E-state index < -0.39 is 50.0 Å². The van der Waals surface area contributed by atoms with Gasteiger partial charge in [-0.2, -0.15) is 0 Å². The van der Waals surface area contributed by atoms with Gasteiger partial charge >= 0.3 is 97.9 Å². The zero-order valence-corrected chi connectivity index (χ0v) is 13.8. The molecule has 0 atom stereocenters. The van der Waals surface area contributed by atoms with Gasteiger partial charge in [-0.1, -0.05) is 0 Å². The molecule has 2 radical (unpaired) electrons. The maximum Gasteiger partial charge on any atom is 0 e. The zero-order chi connectivity index (χ0) is 17.4. The molecule has 0 aromatic heterocycles. The van der Waals surface area contributed by atoms with E-state index in [1.165, 1.54) is 0 Å². The SMILES string of the molecule is O=[C]=[Mn](=[C]=O)(=[C]=O)(=[C]=O)(=[C]=O)(=[C]=O)(=[C]=O)(=[C]=O)(=[C]=O)=[C]=O.[Mn].[Mn]. The maximum absolute atomic E-state index is 12.8. The second-order valence-corrected chi connectivity index (χ2v) is 20.7. The summed E-state index contributed by atoms with van der Waals surface area (Å²) in [6.45, 7) is 0. The first-order valence-electron chi connectivity index (χ1n) is 3.93. The normalized spacial score (nSPS) is 15.7. The largest absolute Gasteiger partial charge is 0 e. The Morgan fingerprint density at radius 3 is 0.391 bits per heavy atom. The molecule has 121 valence electrons. The molecular weight excluding hydrogens is 445 g/mol. The maximum atomic E-state index is 11.4. The Balaban J connectivity index is -0.00000200. The molecule has 0 saturated heterocycles. The van der Waals surface area contributed by atoms with Crippen LogP contribution in [0, 0.1) is 0 Å². The van der Waals surface area contributed by atoms with Gasteiger partial charge in [0.05, 0.1) is 0 Å². The number of rotatable bonds is 0. The molecule has 0 heterocycles. The van der Waals surface area contributed by atoms with Crippen LogP contribution >= 0.6 is 0 Å². The van der Waals surface area contributed by atoms with Gasteiger partial charge in [0.1, 0.15) is 0 Å². The Hall–Kier alpha value is -2.64. The Morgan fingerprint density at radius 1 is 0.304 bits per heavy atom. The summed E-state index contributed by atoms with van der Waals surface area (Å²) in [6, 6.07) is 0. The quantitative estimate of drug-likeness (QED) is 0.335. The van der Waals surface area contributed by atoms with E-state index in [9.17, 15) is 47.9 Å². The van der Waals surface area contributed by atoms with Gasteiger partial charge in [0.25, 0.3) is 0 Å². The molecule has 0 fully saturated rings. The predicted octanol–water partition coefficient (Wildman–Crippen LogP) is -3.98. The average Bonchev–Trinajstić information content (AvgIpc) is 2.65. The topological polar surface area (TPSA) is 171 Å². The van der Waals surface area contributed by atoms with Crippen molar-refractivity contribution in [3.8, 4) is 0 Å². The first-order valence-corrected chi connectivity index (χ1v) is 9.83. The molecule has 0 spiro atoms. The number of carbonyl (C=O) groups excluding carboxylic acids is 10. The van der Waals surface area contributed by atoms with Crippen LogP contribution < -0.4 is 0 Å². The summed E-state index contributed by atoms with van der Waals surface area (Å²) in [5.41, 5.74) is 0. The standard InChI is InChI=1S/10CO.3Mn/c10*1-2;;;. The fraction of sp³-hybridized carbons (Fsp3) is 0. The van der Waals surface area contributed by atoms with Crippen molar-refractivity contribution in [3.05, 3.63) is 0 Å². The summed E-state index contributed by atoms with van der Waals surface area (Å²) in [5.74, 6) is 0. The third-order valence-corrected chi connectivity index (χ3v) is 14.3. The van der Waals surface area contributed by atoms with E-state index in [1.54, 1.807) is 0 Å². The van der Waals surface area contributed by atoms with E-state index >= 15 is 0 Å². The molecule has 0 rings (SSSR count). The first kappa shape index (κ1) is 25.3. The molecule has 0 aromatic carbocycles. The molecule has 0 saturated carbocycles. The molecule has 13 heteroatoms. The van der Waals surface area contributed by atoms with Gasteiger partial charge in [0.2, 0.25) is 0 Å². The molecule has 10 nitrogen and oxygen atoms in total. The molecule has 0 aliphatic rings. The minimum Gasteiger partial charge on any atom is 0 e. The molecule has 0 aliphatic carbocycles. The minimum atomic E-state index is -12.8. The van der Waals surface area contributed by atoms with E-state index in [4.69, 9.17) is 0 Å². The predicted molar refractivity (Wildman–Crippen MR) is 56.9 cm³/mol. The van der Waals surface area contributed by atoms with E-state index in [1.807, 2.05) is 0 Å². The molecule has 23 heavy (non-hydrogen) atoms. The summed E-state index contributed by atoms with van der Waals surface area (Å²) in [5, 5.41) is 0. The molecule has 0 aromatic rings. The monoisotopic (exact) mass is 445 g/mol. The molecule has 0 unspecified atom stereocenters. The van der Waals surface area contributed by atoms with Crippen LogP contribution in [-0.4, -0.2) is 47.9 Å². The number of hydrogen-bond acceptors (Lipinski definition) is 10. The molecule has 0 N–H and O–H groups in total.